The van der Waals surface area contributed by atoms with Crippen molar-refractivity contribution in [1.82, 2.24) is 15.5 Å². The topological polar surface area (TPSA) is 156 Å². The highest BCUT2D eigenvalue weighted by Gasteiger charge is 2.49. The van der Waals surface area contributed by atoms with Crippen LogP contribution in [0.3, 0.4) is 0 Å². The fourth-order valence-electron chi connectivity index (χ4n) is 5.99. The number of nitrogens with zero attached hydrogens (tertiary/aromatic N) is 1. The maximum Gasteiger partial charge on any atom is 0.410 e. The summed E-state index contributed by atoms with van der Waals surface area (Å²) in [5.74, 6) is -2.75. The number of alkyl carbamates (subject to hydrolysis) is 1. The summed E-state index contributed by atoms with van der Waals surface area (Å²) < 4.78 is 25.4. The average Bonchev–Trinajstić information content (AvgIpc) is 3.58. The third kappa shape index (κ3) is 9.25. The van der Waals surface area contributed by atoms with E-state index in [2.05, 4.69) is 10.6 Å². The molecule has 5 unspecified atom stereocenters. The first kappa shape index (κ1) is 33.9. The second-order valence-corrected chi connectivity index (χ2v) is 12.9. The normalized spacial score (nSPS) is 26.4. The monoisotopic (exact) mass is 631 g/mol. The van der Waals surface area contributed by atoms with Gasteiger partial charge in [-0.2, -0.15) is 0 Å². The number of allylic oxidation sites excluding steroid dienone is 2. The number of quaternary nitrogens is 1. The van der Waals surface area contributed by atoms with Crippen LogP contribution in [-0.2, 0) is 36.9 Å². The molecule has 0 aliphatic carbocycles. The van der Waals surface area contributed by atoms with Crippen LogP contribution < -0.4 is 15.5 Å². The van der Waals surface area contributed by atoms with Crippen molar-refractivity contribution in [3.8, 4) is 0 Å². The molecule has 5 atom stereocenters. The van der Waals surface area contributed by atoms with E-state index in [-0.39, 0.29) is 37.4 Å². The summed E-state index contributed by atoms with van der Waals surface area (Å²) >= 11 is 0. The number of carboxylic acids is 1. The molecule has 0 spiro atoms. The Hall–Kier alpha value is -4.00. The summed E-state index contributed by atoms with van der Waals surface area (Å²) in [6, 6.07) is 1.39. The van der Waals surface area contributed by atoms with Gasteiger partial charge in [-0.15, -0.1) is 0 Å². The van der Waals surface area contributed by atoms with Gasteiger partial charge in [0.05, 0.1) is 13.0 Å². The van der Waals surface area contributed by atoms with Gasteiger partial charge >= 0.3 is 24.1 Å². The maximum atomic E-state index is 14.3. The molecule has 1 saturated heterocycles. The van der Waals surface area contributed by atoms with E-state index in [1.807, 2.05) is 12.2 Å². The fourth-order valence-corrected chi connectivity index (χ4v) is 5.99. The zero-order valence-corrected chi connectivity index (χ0v) is 26.1. The lowest BCUT2D eigenvalue weighted by Gasteiger charge is -2.26. The van der Waals surface area contributed by atoms with Crippen molar-refractivity contribution in [1.29, 1.82) is 0 Å². The van der Waals surface area contributed by atoms with Gasteiger partial charge in [0.1, 0.15) is 30.0 Å². The van der Waals surface area contributed by atoms with Crippen LogP contribution in [0, 0.1) is 5.82 Å². The van der Waals surface area contributed by atoms with Gasteiger partial charge in [-0.3, -0.25) is 14.6 Å². The van der Waals surface area contributed by atoms with Crippen LogP contribution in [0.25, 0.3) is 0 Å². The lowest BCUT2D eigenvalue weighted by molar-refractivity contribution is -0.825. The summed E-state index contributed by atoms with van der Waals surface area (Å²) in [5.41, 5.74) is 0.284. The molecule has 3 aliphatic heterocycles. The van der Waals surface area contributed by atoms with Crippen LogP contribution in [-0.4, -0.2) is 76.4 Å². The quantitative estimate of drug-likeness (QED) is 0.371. The van der Waals surface area contributed by atoms with Gasteiger partial charge < -0.3 is 25.2 Å². The first-order valence-corrected chi connectivity index (χ1v) is 15.6. The SMILES string of the molecule is CC(C)(C)OC(=O)NC1CCCCCC=CCCC(C(=O)O)NC(=O)C2CC(OC(=O)N3Cc4cccc(F)c4C3)C[NH+]2C1=O. The van der Waals surface area contributed by atoms with Crippen LogP contribution >= 0.6 is 0 Å². The number of nitrogens with one attached hydrogen (secondary N) is 3. The molecule has 13 heteroatoms. The van der Waals surface area contributed by atoms with Gasteiger partial charge in [-0.05, 0) is 64.5 Å². The minimum Gasteiger partial charge on any atom is -0.480 e. The highest BCUT2D eigenvalue weighted by atomic mass is 19.1. The number of hydrogen-bond acceptors (Lipinski definition) is 7. The number of carbonyl (C=O) groups excluding carboxylic acids is 4. The Labute approximate surface area is 262 Å². The third-order valence-corrected chi connectivity index (χ3v) is 8.23. The summed E-state index contributed by atoms with van der Waals surface area (Å²) in [6.45, 7) is 5.25. The Morgan fingerprint density at radius 3 is 2.53 bits per heavy atom. The highest BCUT2D eigenvalue weighted by molar-refractivity contribution is 5.88. The van der Waals surface area contributed by atoms with Crippen molar-refractivity contribution in [2.45, 2.75) is 115 Å². The lowest BCUT2D eigenvalue weighted by Crippen LogP contribution is -3.19. The molecule has 3 aliphatic rings. The summed E-state index contributed by atoms with van der Waals surface area (Å²) in [7, 11) is 0. The van der Waals surface area contributed by atoms with Crippen LogP contribution in [0.4, 0.5) is 14.0 Å². The molecule has 1 aromatic carbocycles. The molecule has 1 aromatic rings. The molecule has 1 fully saturated rings. The molecule has 4 N–H and O–H groups in total. The first-order valence-electron chi connectivity index (χ1n) is 15.6. The molecular weight excluding hydrogens is 587 g/mol. The maximum absolute atomic E-state index is 14.3. The Morgan fingerprint density at radius 1 is 1.07 bits per heavy atom. The zero-order chi connectivity index (χ0) is 32.7. The molecule has 12 nitrogen and oxygen atoms in total. The van der Waals surface area contributed by atoms with E-state index in [0.29, 0.717) is 30.4 Å². The predicted molar refractivity (Wildman–Crippen MR) is 159 cm³/mol. The standard InChI is InChI=1S/C32H43FN4O8/c1-32(2,3)45-30(42)35-24-14-9-7-5-4-6-8-10-15-25(29(40)41)34-27(38)26-16-21(18-37(26)28(24)39)44-31(43)36-17-20-12-11-13-23(33)22(20)19-36/h6,8,11-13,21,24-26H,4-5,7,9-10,14-19H2,1-3H3,(H,34,38)(H,35,42)(H,40,41)/p+1. The first-order chi connectivity index (χ1) is 21.3. The Kier molecular flexibility index (Phi) is 11.2. The van der Waals surface area contributed by atoms with Crippen molar-refractivity contribution < 1.29 is 47.8 Å². The average molecular weight is 632 g/mol. The van der Waals surface area contributed by atoms with Gasteiger partial charge in [-0.25, -0.2) is 23.6 Å². The minimum atomic E-state index is -1.20. The Bertz CT molecular complexity index is 1310. The number of hydrogen-bond donors (Lipinski definition) is 4. The number of rotatable bonds is 3. The van der Waals surface area contributed by atoms with Gasteiger partial charge in [0.25, 0.3) is 5.91 Å². The Morgan fingerprint density at radius 2 is 1.82 bits per heavy atom. The molecule has 0 bridgehead atoms. The highest BCUT2D eigenvalue weighted by Crippen LogP contribution is 2.26. The van der Waals surface area contributed by atoms with Gasteiger partial charge in [0.2, 0.25) is 0 Å². The smallest absolute Gasteiger partial charge is 0.410 e. The number of amides is 4. The van der Waals surface area contributed by atoms with E-state index >= 15 is 0 Å². The molecule has 0 saturated carbocycles. The van der Waals surface area contributed by atoms with Crippen LogP contribution in [0.5, 0.6) is 0 Å². The second-order valence-electron chi connectivity index (χ2n) is 12.9. The molecule has 0 radical (unpaired) electrons. The number of ether oxygens (including phenoxy) is 2. The molecule has 0 aromatic heterocycles. The number of fused-ring (bicyclic) bond motifs is 2. The third-order valence-electron chi connectivity index (χ3n) is 8.23. The second kappa shape index (κ2) is 14.9. The van der Waals surface area contributed by atoms with Gasteiger partial charge in [0, 0.05) is 12.1 Å². The molecule has 45 heavy (non-hydrogen) atoms. The molecule has 4 amide bonds. The van der Waals surface area contributed by atoms with E-state index in [1.165, 1.54) is 11.0 Å². The molecule has 3 heterocycles. The van der Waals surface area contributed by atoms with Crippen molar-refractivity contribution in [3.63, 3.8) is 0 Å². The van der Waals surface area contributed by atoms with Crippen LogP contribution in [0.2, 0.25) is 0 Å². The zero-order valence-electron chi connectivity index (χ0n) is 26.1. The van der Waals surface area contributed by atoms with Gasteiger partial charge in [0.15, 0.2) is 12.1 Å². The van der Waals surface area contributed by atoms with Crippen molar-refractivity contribution in [2.24, 2.45) is 0 Å². The van der Waals surface area contributed by atoms with Crippen molar-refractivity contribution in [2.75, 3.05) is 6.54 Å². The van der Waals surface area contributed by atoms with Crippen LogP contribution in [0.15, 0.2) is 30.4 Å². The summed E-state index contributed by atoms with van der Waals surface area (Å²) in [6.07, 6.45) is 5.48. The number of carbonyl (C=O) groups is 5. The fraction of sp³-hybridized carbons (Fsp3) is 0.594. The van der Waals surface area contributed by atoms with Crippen LogP contribution in [0.1, 0.15) is 83.3 Å². The van der Waals surface area contributed by atoms with Crippen molar-refractivity contribution >= 4 is 30.0 Å². The number of aliphatic carboxylic acids is 1. The van der Waals surface area contributed by atoms with E-state index in [0.717, 1.165) is 19.3 Å². The van der Waals surface area contributed by atoms with Gasteiger partial charge in [-0.1, -0.05) is 37.1 Å². The molecule has 246 valence electrons. The minimum absolute atomic E-state index is 0.0313. The van der Waals surface area contributed by atoms with E-state index in [4.69, 9.17) is 9.47 Å². The Balaban J connectivity index is 1.55. The summed E-state index contributed by atoms with van der Waals surface area (Å²) in [4.78, 5) is 67.0. The van der Waals surface area contributed by atoms with E-state index in [9.17, 15) is 33.5 Å². The molecular formula is C32H44FN4O8+. The predicted octanol–water partition coefficient (Wildman–Crippen LogP) is 2.59. The number of carboxylic acid groups (broad SMARTS) is 1. The van der Waals surface area contributed by atoms with E-state index < -0.39 is 65.6 Å². The van der Waals surface area contributed by atoms with E-state index in [1.54, 1.807) is 32.9 Å². The largest absolute Gasteiger partial charge is 0.480 e. The lowest BCUT2D eigenvalue weighted by atomic mass is 10.0. The summed E-state index contributed by atoms with van der Waals surface area (Å²) in [5, 5.41) is 15.0. The van der Waals surface area contributed by atoms with Crippen molar-refractivity contribution in [3.05, 3.63) is 47.3 Å². The number of benzene rings is 1. The molecule has 4 rings (SSSR count). The number of halogens is 1.